The van der Waals surface area contributed by atoms with Crippen LogP contribution >= 0.6 is 0 Å². The summed E-state index contributed by atoms with van der Waals surface area (Å²) in [5.41, 5.74) is 2.78. The van der Waals surface area contributed by atoms with Crippen molar-refractivity contribution in [2.45, 2.75) is 25.7 Å². The van der Waals surface area contributed by atoms with Crippen LogP contribution in [-0.2, 0) is 12.8 Å². The van der Waals surface area contributed by atoms with Crippen molar-refractivity contribution in [3.05, 3.63) is 47.8 Å². The van der Waals surface area contributed by atoms with Crippen LogP contribution in [0.5, 0.6) is 0 Å². The van der Waals surface area contributed by atoms with Crippen molar-refractivity contribution < 1.29 is 0 Å². The van der Waals surface area contributed by atoms with E-state index in [4.69, 9.17) is 0 Å². The summed E-state index contributed by atoms with van der Waals surface area (Å²) in [6, 6.07) is 8.53. The van der Waals surface area contributed by atoms with Crippen molar-refractivity contribution in [3.8, 4) is 0 Å². The molecule has 0 atom stereocenters. The number of aromatic nitrogens is 2. The molecule has 2 aliphatic rings. The molecule has 0 saturated carbocycles. The van der Waals surface area contributed by atoms with Crippen LogP contribution in [-0.4, -0.2) is 38.5 Å². The minimum atomic E-state index is 0.243. The van der Waals surface area contributed by atoms with Crippen molar-refractivity contribution in [2.24, 2.45) is 0 Å². The van der Waals surface area contributed by atoms with E-state index in [-0.39, 0.29) is 15.4 Å². The number of rotatable bonds is 2. The molecule has 21 heavy (non-hydrogen) atoms. The van der Waals surface area contributed by atoms with Gasteiger partial charge in [-0.15, -0.1) is 0 Å². The maximum atomic E-state index is 4.62. The molecule has 0 aromatic carbocycles. The van der Waals surface area contributed by atoms with Crippen LogP contribution in [0.1, 0.15) is 24.0 Å². The summed E-state index contributed by atoms with van der Waals surface area (Å²) in [6.07, 6.45) is 8.59. The summed E-state index contributed by atoms with van der Waals surface area (Å²) in [6.45, 7) is 2.23. The Morgan fingerprint density at radius 1 is 0.810 bits per heavy atom. The van der Waals surface area contributed by atoms with Gasteiger partial charge in [-0.25, -0.2) is 0 Å². The number of pyridine rings is 2. The topological polar surface area (TPSA) is 32.3 Å². The molecule has 5 heteroatoms. The summed E-state index contributed by atoms with van der Waals surface area (Å²) in [5, 5.41) is 0. The Bertz CT molecular complexity index is 590. The van der Waals surface area contributed by atoms with E-state index in [0.29, 0.717) is 0 Å². The van der Waals surface area contributed by atoms with Gasteiger partial charge in [-0.05, 0) is 0 Å². The van der Waals surface area contributed by atoms with Gasteiger partial charge in [-0.2, -0.15) is 0 Å². The van der Waals surface area contributed by atoms with Crippen molar-refractivity contribution >= 4 is 27.0 Å². The fourth-order valence-corrected chi connectivity index (χ4v) is 5.41. The molecule has 0 radical (unpaired) electrons. The van der Waals surface area contributed by atoms with E-state index in [1.54, 1.807) is 0 Å². The summed E-state index contributed by atoms with van der Waals surface area (Å²) in [7, 11) is 0. The van der Waals surface area contributed by atoms with Gasteiger partial charge in [0.15, 0.2) is 0 Å². The molecule has 2 aromatic heterocycles. The average molecular weight is 345 g/mol. The predicted octanol–water partition coefficient (Wildman–Crippen LogP) is 2.22. The molecule has 0 saturated heterocycles. The third kappa shape index (κ3) is 2.52. The molecule has 2 aliphatic heterocycles. The molecule has 0 fully saturated rings. The van der Waals surface area contributed by atoms with Crippen LogP contribution in [0.2, 0.25) is 0 Å². The molecular weight excluding hydrogens is 327 g/mol. The molecule has 0 aliphatic carbocycles. The molecule has 0 amide bonds. The van der Waals surface area contributed by atoms with Gasteiger partial charge < -0.3 is 0 Å². The van der Waals surface area contributed by atoms with Crippen LogP contribution in [0, 0.1) is 0 Å². The van der Waals surface area contributed by atoms with Gasteiger partial charge in [0.25, 0.3) is 0 Å². The molecule has 0 unspecified atom stereocenters. The zero-order chi connectivity index (χ0) is 14.1. The number of hydrogen-bond acceptors (Lipinski definition) is 4. The SMILES string of the molecule is c1cnc2c(c1)CCCN2[Se]N1CCCc2cccnc21. The fourth-order valence-electron chi connectivity index (χ4n) is 3.02. The van der Waals surface area contributed by atoms with Crippen molar-refractivity contribution in [3.63, 3.8) is 0 Å². The first-order valence-electron chi connectivity index (χ1n) is 7.53. The number of fused-ring (bicyclic) bond motifs is 2. The van der Waals surface area contributed by atoms with Crippen LogP contribution < -0.4 is 7.83 Å². The third-order valence-corrected chi connectivity index (χ3v) is 6.34. The number of nitrogens with zero attached hydrogens (tertiary/aromatic N) is 4. The van der Waals surface area contributed by atoms with E-state index in [9.17, 15) is 0 Å². The Balaban J connectivity index is 1.61. The molecule has 4 rings (SSSR count). The average Bonchev–Trinajstić information content (AvgIpc) is 2.56. The van der Waals surface area contributed by atoms with Gasteiger partial charge in [0.2, 0.25) is 0 Å². The molecule has 0 spiro atoms. The zero-order valence-electron chi connectivity index (χ0n) is 11.9. The molecule has 108 valence electrons. The van der Waals surface area contributed by atoms with Crippen molar-refractivity contribution in [2.75, 3.05) is 20.9 Å². The second-order valence-corrected chi connectivity index (χ2v) is 7.66. The summed E-state index contributed by atoms with van der Waals surface area (Å²) >= 11 is 0.243. The summed E-state index contributed by atoms with van der Waals surface area (Å²) < 4.78 is 4.94. The fraction of sp³-hybridized carbons (Fsp3) is 0.375. The van der Waals surface area contributed by atoms with Crippen LogP contribution in [0.25, 0.3) is 0 Å². The third-order valence-electron chi connectivity index (χ3n) is 4.02. The number of aryl methyl sites for hydroxylation is 2. The normalized spacial score (nSPS) is 17.3. The standard InChI is InChI=1S/C16H18N4Se/c1-5-13-7-3-11-19(15(13)17-9-1)21-20-12-4-8-14-6-2-10-18-16(14)20/h1-2,5-6,9-10H,3-4,7-8,11-12H2. The minimum absolute atomic E-state index is 0.243. The van der Waals surface area contributed by atoms with Crippen molar-refractivity contribution in [1.29, 1.82) is 0 Å². The predicted molar refractivity (Wildman–Crippen MR) is 85.6 cm³/mol. The Morgan fingerprint density at radius 3 is 1.86 bits per heavy atom. The number of hydrogen-bond donors (Lipinski definition) is 0. The first kappa shape index (κ1) is 13.1. The quantitative estimate of drug-likeness (QED) is 0.782. The van der Waals surface area contributed by atoms with Gasteiger partial charge in [0, 0.05) is 0 Å². The Hall–Kier alpha value is -1.58. The van der Waals surface area contributed by atoms with Gasteiger partial charge in [-0.3, -0.25) is 0 Å². The van der Waals surface area contributed by atoms with E-state index >= 15 is 0 Å². The van der Waals surface area contributed by atoms with Crippen LogP contribution in [0.3, 0.4) is 0 Å². The first-order chi connectivity index (χ1) is 10.4. The monoisotopic (exact) mass is 346 g/mol. The second kappa shape index (κ2) is 5.66. The molecular formula is C16H18N4Se. The van der Waals surface area contributed by atoms with E-state index in [1.807, 2.05) is 24.5 Å². The van der Waals surface area contributed by atoms with E-state index in [1.165, 1.54) is 35.6 Å². The van der Waals surface area contributed by atoms with Crippen LogP contribution in [0.4, 0.5) is 11.6 Å². The van der Waals surface area contributed by atoms with Crippen molar-refractivity contribution in [1.82, 2.24) is 9.97 Å². The molecule has 4 nitrogen and oxygen atoms in total. The summed E-state index contributed by atoms with van der Waals surface area (Å²) in [5.74, 6) is 2.37. The zero-order valence-corrected chi connectivity index (χ0v) is 13.6. The summed E-state index contributed by atoms with van der Waals surface area (Å²) in [4.78, 5) is 9.23. The number of anilines is 2. The molecule has 0 N–H and O–H groups in total. The van der Waals surface area contributed by atoms with Gasteiger partial charge in [0.05, 0.1) is 0 Å². The molecule has 0 bridgehead atoms. The molecule has 4 heterocycles. The van der Waals surface area contributed by atoms with E-state index in [2.05, 4.69) is 29.9 Å². The van der Waals surface area contributed by atoms with Gasteiger partial charge >= 0.3 is 131 Å². The Kier molecular flexibility index (Phi) is 3.53. The maximum absolute atomic E-state index is 4.62. The first-order valence-corrected chi connectivity index (χ1v) is 9.06. The second-order valence-electron chi connectivity index (χ2n) is 5.47. The Labute approximate surface area is 131 Å². The van der Waals surface area contributed by atoms with Gasteiger partial charge in [-0.1, -0.05) is 0 Å². The molecule has 2 aromatic rings. The Morgan fingerprint density at radius 2 is 1.33 bits per heavy atom. The van der Waals surface area contributed by atoms with Crippen LogP contribution in [0.15, 0.2) is 36.7 Å². The van der Waals surface area contributed by atoms with E-state index in [0.717, 1.165) is 25.9 Å². The van der Waals surface area contributed by atoms with Gasteiger partial charge in [0.1, 0.15) is 0 Å². The van der Waals surface area contributed by atoms with E-state index < -0.39 is 0 Å².